The van der Waals surface area contributed by atoms with Crippen molar-refractivity contribution in [2.24, 2.45) is 0 Å². The molecule has 0 saturated carbocycles. The van der Waals surface area contributed by atoms with E-state index in [0.29, 0.717) is 10.8 Å². The van der Waals surface area contributed by atoms with Gasteiger partial charge in [0, 0.05) is 5.02 Å². The molecule has 2 aromatic rings. The Bertz CT molecular complexity index is 709. The fourth-order valence-electron chi connectivity index (χ4n) is 1.72. The second-order valence-corrected chi connectivity index (χ2v) is 4.96. The summed E-state index contributed by atoms with van der Waals surface area (Å²) >= 11 is 5.76. The molecule has 0 spiro atoms. The summed E-state index contributed by atoms with van der Waals surface area (Å²) in [4.78, 5) is 25.3. The Morgan fingerprint density at radius 2 is 2.00 bits per heavy atom. The van der Waals surface area contributed by atoms with Gasteiger partial charge in [-0.3, -0.25) is 4.79 Å². The largest absolute Gasteiger partial charge is 0.492 e. The van der Waals surface area contributed by atoms with Crippen LogP contribution in [-0.2, 0) is 4.79 Å². The average Bonchev–Trinajstić information content (AvgIpc) is 2.58. The molecule has 24 heavy (non-hydrogen) atoms. The number of pyridine rings is 1. The van der Waals surface area contributed by atoms with Crippen LogP contribution in [0.3, 0.4) is 0 Å². The molecule has 0 fully saturated rings. The van der Waals surface area contributed by atoms with Crippen LogP contribution in [0.5, 0.6) is 11.5 Å². The first-order chi connectivity index (χ1) is 11.6. The van der Waals surface area contributed by atoms with E-state index in [1.165, 1.54) is 18.3 Å². The molecule has 1 amide bonds. The van der Waals surface area contributed by atoms with Gasteiger partial charge in [-0.2, -0.15) is 0 Å². The van der Waals surface area contributed by atoms with Crippen molar-refractivity contribution in [2.75, 3.05) is 19.8 Å². The van der Waals surface area contributed by atoms with Crippen LogP contribution in [0.1, 0.15) is 0 Å². The lowest BCUT2D eigenvalue weighted by atomic mass is 10.3. The Morgan fingerprint density at radius 1 is 1.25 bits per heavy atom. The highest BCUT2D eigenvalue weighted by atomic mass is 35.5. The first-order valence-corrected chi connectivity index (χ1v) is 7.31. The number of hydrogen-bond donors (Lipinski definition) is 1. The third kappa shape index (κ3) is 5.40. The van der Waals surface area contributed by atoms with Crippen molar-refractivity contribution in [3.8, 4) is 11.5 Å². The van der Waals surface area contributed by atoms with Crippen LogP contribution in [0.2, 0.25) is 5.02 Å². The Kier molecular flexibility index (Phi) is 6.32. The summed E-state index contributed by atoms with van der Waals surface area (Å²) in [7, 11) is 0. The minimum atomic E-state index is -0.673. The third-order valence-electron chi connectivity index (χ3n) is 2.79. The number of nitrogens with zero attached hydrogens (tertiary/aromatic N) is 2. The van der Waals surface area contributed by atoms with E-state index in [2.05, 4.69) is 10.3 Å². The summed E-state index contributed by atoms with van der Waals surface area (Å²) in [5.74, 6) is -0.282. The summed E-state index contributed by atoms with van der Waals surface area (Å²) in [5.41, 5.74) is 0. The van der Waals surface area contributed by atoms with E-state index < -0.39 is 16.6 Å². The van der Waals surface area contributed by atoms with Gasteiger partial charge >= 0.3 is 5.82 Å². The predicted octanol–water partition coefficient (Wildman–Crippen LogP) is 2.22. The van der Waals surface area contributed by atoms with E-state index in [1.54, 1.807) is 24.3 Å². The number of ether oxygens (including phenoxy) is 2. The lowest BCUT2D eigenvalue weighted by Crippen LogP contribution is -2.32. The SMILES string of the molecule is O=C(COc1cccnc1[N+](=O)[O-])NCCOc1ccc(Cl)cc1. The normalized spacial score (nSPS) is 10.0. The fraction of sp³-hybridized carbons (Fsp3) is 0.200. The zero-order valence-electron chi connectivity index (χ0n) is 12.5. The van der Waals surface area contributed by atoms with Crippen LogP contribution in [0.25, 0.3) is 0 Å². The minimum Gasteiger partial charge on any atom is -0.492 e. The molecule has 0 atom stereocenters. The number of hydrogen-bond acceptors (Lipinski definition) is 6. The van der Waals surface area contributed by atoms with Gasteiger partial charge in [-0.1, -0.05) is 11.6 Å². The zero-order chi connectivity index (χ0) is 17.4. The molecule has 1 aromatic heterocycles. The van der Waals surface area contributed by atoms with Crippen molar-refractivity contribution in [1.82, 2.24) is 10.3 Å². The summed E-state index contributed by atoms with van der Waals surface area (Å²) in [6.45, 7) is 0.174. The van der Waals surface area contributed by atoms with Gasteiger partial charge in [0.2, 0.25) is 5.75 Å². The lowest BCUT2D eigenvalue weighted by Gasteiger charge is -2.09. The van der Waals surface area contributed by atoms with E-state index in [9.17, 15) is 14.9 Å². The second-order valence-electron chi connectivity index (χ2n) is 4.52. The van der Waals surface area contributed by atoms with Gasteiger partial charge in [0.25, 0.3) is 5.91 Å². The number of amides is 1. The molecule has 2 rings (SSSR count). The fourth-order valence-corrected chi connectivity index (χ4v) is 1.84. The molecule has 8 nitrogen and oxygen atoms in total. The molecule has 126 valence electrons. The topological polar surface area (TPSA) is 104 Å². The molecule has 0 saturated heterocycles. The number of nitrogens with one attached hydrogen (secondary N) is 1. The molecule has 0 aliphatic heterocycles. The maximum absolute atomic E-state index is 11.7. The Hall–Kier alpha value is -2.87. The highest BCUT2D eigenvalue weighted by Gasteiger charge is 2.16. The van der Waals surface area contributed by atoms with Gasteiger partial charge in [0.15, 0.2) is 6.61 Å². The monoisotopic (exact) mass is 351 g/mol. The Balaban J connectivity index is 1.70. The summed E-state index contributed by atoms with van der Waals surface area (Å²) in [6.07, 6.45) is 1.28. The molecule has 1 heterocycles. The van der Waals surface area contributed by atoms with Gasteiger partial charge in [0.1, 0.15) is 18.6 Å². The van der Waals surface area contributed by atoms with Crippen LogP contribution >= 0.6 is 11.6 Å². The molecule has 9 heteroatoms. The van der Waals surface area contributed by atoms with Gasteiger partial charge in [-0.15, -0.1) is 0 Å². The van der Waals surface area contributed by atoms with E-state index in [1.807, 2.05) is 0 Å². The summed E-state index contributed by atoms with van der Waals surface area (Å²) < 4.78 is 10.5. The van der Waals surface area contributed by atoms with Crippen molar-refractivity contribution >= 4 is 23.3 Å². The van der Waals surface area contributed by atoms with Crippen LogP contribution < -0.4 is 14.8 Å². The average molecular weight is 352 g/mol. The van der Waals surface area contributed by atoms with E-state index in [4.69, 9.17) is 21.1 Å². The number of carbonyl (C=O) groups excluding carboxylic acids is 1. The smallest absolute Gasteiger partial charge is 0.406 e. The van der Waals surface area contributed by atoms with Crippen molar-refractivity contribution < 1.29 is 19.2 Å². The number of benzene rings is 1. The van der Waals surface area contributed by atoms with Gasteiger partial charge in [0.05, 0.1) is 6.54 Å². The standard InChI is InChI=1S/C15H14ClN3O5/c16-11-3-5-12(6-4-11)23-9-8-17-14(20)10-24-13-2-1-7-18-15(13)19(21)22/h1-7H,8-10H2,(H,17,20). The maximum Gasteiger partial charge on any atom is 0.406 e. The number of halogens is 1. The quantitative estimate of drug-likeness (QED) is 0.444. The highest BCUT2D eigenvalue weighted by Crippen LogP contribution is 2.22. The molecule has 0 aliphatic rings. The number of nitro groups is 1. The maximum atomic E-state index is 11.7. The van der Waals surface area contributed by atoms with Gasteiger partial charge < -0.3 is 24.9 Å². The molecule has 0 aliphatic carbocycles. The van der Waals surface area contributed by atoms with Gasteiger partial charge in [-0.25, -0.2) is 0 Å². The van der Waals surface area contributed by atoms with Crippen LogP contribution in [-0.4, -0.2) is 35.6 Å². The number of aromatic nitrogens is 1. The molecular weight excluding hydrogens is 338 g/mol. The van der Waals surface area contributed by atoms with E-state index >= 15 is 0 Å². The van der Waals surface area contributed by atoms with Crippen LogP contribution in [0.4, 0.5) is 5.82 Å². The molecule has 1 aromatic carbocycles. The minimum absolute atomic E-state index is 0.0601. The first kappa shape index (κ1) is 17.5. The Morgan fingerprint density at radius 3 is 2.71 bits per heavy atom. The number of carbonyl (C=O) groups is 1. The van der Waals surface area contributed by atoms with Crippen molar-refractivity contribution in [3.63, 3.8) is 0 Å². The molecule has 0 radical (unpaired) electrons. The highest BCUT2D eigenvalue weighted by molar-refractivity contribution is 6.30. The second kappa shape index (κ2) is 8.68. The Labute approximate surface area is 142 Å². The van der Waals surface area contributed by atoms with E-state index in [0.717, 1.165) is 0 Å². The lowest BCUT2D eigenvalue weighted by molar-refractivity contribution is -0.390. The predicted molar refractivity (Wildman–Crippen MR) is 86.3 cm³/mol. The molecular formula is C15H14ClN3O5. The van der Waals surface area contributed by atoms with Crippen molar-refractivity contribution in [2.45, 2.75) is 0 Å². The first-order valence-electron chi connectivity index (χ1n) is 6.93. The third-order valence-corrected chi connectivity index (χ3v) is 3.04. The summed E-state index contributed by atoms with van der Waals surface area (Å²) in [6, 6.07) is 9.69. The van der Waals surface area contributed by atoms with Crippen molar-refractivity contribution in [1.29, 1.82) is 0 Å². The molecule has 1 N–H and O–H groups in total. The number of rotatable bonds is 8. The van der Waals surface area contributed by atoms with Gasteiger partial charge in [-0.05, 0) is 46.3 Å². The zero-order valence-corrected chi connectivity index (χ0v) is 13.2. The molecule has 0 bridgehead atoms. The van der Waals surface area contributed by atoms with Crippen molar-refractivity contribution in [3.05, 3.63) is 57.7 Å². The summed E-state index contributed by atoms with van der Waals surface area (Å²) in [5, 5.41) is 14.0. The van der Waals surface area contributed by atoms with Crippen LogP contribution in [0, 0.1) is 10.1 Å². The van der Waals surface area contributed by atoms with E-state index in [-0.39, 0.29) is 25.5 Å². The molecule has 0 unspecified atom stereocenters. The van der Waals surface area contributed by atoms with Crippen LogP contribution in [0.15, 0.2) is 42.6 Å².